The maximum absolute atomic E-state index is 13.0. The van der Waals surface area contributed by atoms with Crippen molar-refractivity contribution in [3.05, 3.63) is 102 Å². The maximum atomic E-state index is 13.0. The number of carbonyl (C=O) groups excluding carboxylic acids is 2. The largest absolute Gasteiger partial charge is 0.416 e. The zero-order chi connectivity index (χ0) is 25.7. The van der Waals surface area contributed by atoms with Gasteiger partial charge in [-0.15, -0.1) is 0 Å². The Hall–Kier alpha value is -4.20. The summed E-state index contributed by atoms with van der Waals surface area (Å²) in [5.74, 6) is -0.381. The molecule has 0 radical (unpaired) electrons. The number of carbonyl (C=O) groups is 2. The monoisotopic (exact) mass is 491 g/mol. The van der Waals surface area contributed by atoms with E-state index < -0.39 is 11.7 Å². The van der Waals surface area contributed by atoms with E-state index in [1.807, 2.05) is 24.3 Å². The predicted octanol–water partition coefficient (Wildman–Crippen LogP) is 6.01. The number of nitrogens with zero attached hydrogens (tertiary/aromatic N) is 2. The van der Waals surface area contributed by atoms with Crippen LogP contribution in [0.3, 0.4) is 0 Å². The highest BCUT2D eigenvalue weighted by molar-refractivity contribution is 6.06. The van der Waals surface area contributed by atoms with Crippen LogP contribution >= 0.6 is 0 Å². The minimum atomic E-state index is -4.43. The lowest BCUT2D eigenvalue weighted by molar-refractivity contribution is -0.137. The zero-order valence-electron chi connectivity index (χ0n) is 19.5. The van der Waals surface area contributed by atoms with E-state index in [-0.39, 0.29) is 11.8 Å². The van der Waals surface area contributed by atoms with E-state index in [4.69, 9.17) is 0 Å². The smallest absolute Gasteiger partial charge is 0.339 e. The number of amides is 2. The molecule has 3 aromatic rings. The Bertz CT molecular complexity index is 1370. The van der Waals surface area contributed by atoms with Gasteiger partial charge in [-0.1, -0.05) is 42.5 Å². The van der Waals surface area contributed by atoms with Crippen LogP contribution in [0.1, 0.15) is 24.5 Å². The highest BCUT2D eigenvalue weighted by Gasteiger charge is 2.30. The summed E-state index contributed by atoms with van der Waals surface area (Å²) in [5, 5.41) is 4.61. The van der Waals surface area contributed by atoms with Crippen LogP contribution in [-0.4, -0.2) is 34.8 Å². The quantitative estimate of drug-likeness (QED) is 0.351. The third-order valence-electron chi connectivity index (χ3n) is 5.97. The highest BCUT2D eigenvalue weighted by atomic mass is 19.4. The number of benzene rings is 2. The summed E-state index contributed by atoms with van der Waals surface area (Å²) >= 11 is 0. The summed E-state index contributed by atoms with van der Waals surface area (Å²) in [7, 11) is 0. The Labute approximate surface area is 206 Å². The maximum Gasteiger partial charge on any atom is 0.416 e. The fourth-order valence-electron chi connectivity index (χ4n) is 4.06. The lowest BCUT2D eigenvalue weighted by Crippen LogP contribution is -2.33. The third-order valence-corrected chi connectivity index (χ3v) is 5.97. The van der Waals surface area contributed by atoms with E-state index in [9.17, 15) is 22.8 Å². The molecule has 2 aromatic carbocycles. The van der Waals surface area contributed by atoms with Crippen molar-refractivity contribution in [2.75, 3.05) is 18.4 Å². The molecular formula is C28H24F3N3O2. The molecule has 1 aliphatic rings. The molecule has 0 fully saturated rings. The van der Waals surface area contributed by atoms with Crippen molar-refractivity contribution in [3.63, 3.8) is 0 Å². The summed E-state index contributed by atoms with van der Waals surface area (Å²) in [4.78, 5) is 30.0. The van der Waals surface area contributed by atoms with Crippen LogP contribution in [0, 0.1) is 0 Å². The van der Waals surface area contributed by atoms with E-state index in [1.54, 1.807) is 35.5 Å². The normalized spacial score (nSPS) is 14.7. The van der Waals surface area contributed by atoms with Crippen LogP contribution in [0.4, 0.5) is 18.9 Å². The highest BCUT2D eigenvalue weighted by Crippen LogP contribution is 2.33. The second-order valence-electron chi connectivity index (χ2n) is 8.35. The van der Waals surface area contributed by atoms with Crippen molar-refractivity contribution >= 4 is 33.8 Å². The first-order valence-electron chi connectivity index (χ1n) is 11.4. The van der Waals surface area contributed by atoms with Gasteiger partial charge in [-0.25, -0.2) is 0 Å². The first kappa shape index (κ1) is 24.9. The van der Waals surface area contributed by atoms with Gasteiger partial charge < -0.3 is 10.2 Å². The number of aromatic nitrogens is 1. The molecular weight excluding hydrogens is 467 g/mol. The van der Waals surface area contributed by atoms with E-state index in [0.29, 0.717) is 36.3 Å². The Morgan fingerprint density at radius 2 is 1.86 bits per heavy atom. The van der Waals surface area contributed by atoms with Crippen molar-refractivity contribution in [2.45, 2.75) is 19.5 Å². The van der Waals surface area contributed by atoms with Crippen molar-refractivity contribution in [1.29, 1.82) is 0 Å². The number of alkyl halides is 3. The standard InChI is InChI=1S/C28H24F3N3O2/c1-19(35)34-16-13-21(14-17-34)24(20-8-10-23(11-9-20)28(29,30)31)5-3-7-27(36)33-26-6-2-4-22-18-32-15-12-25(22)26/h2-13,15,18H,14,16-17H2,1H3,(H,33,36). The number of hydrogen-bond acceptors (Lipinski definition) is 3. The van der Waals surface area contributed by atoms with Crippen LogP contribution in [0.15, 0.2) is 90.8 Å². The molecule has 5 nitrogen and oxygen atoms in total. The average molecular weight is 492 g/mol. The van der Waals surface area contributed by atoms with Crippen LogP contribution < -0.4 is 5.32 Å². The fraction of sp³-hybridized carbons (Fsp3) is 0.179. The van der Waals surface area contributed by atoms with Gasteiger partial charge in [-0.2, -0.15) is 13.2 Å². The van der Waals surface area contributed by atoms with Gasteiger partial charge in [0, 0.05) is 54.9 Å². The van der Waals surface area contributed by atoms with Gasteiger partial charge in [0.05, 0.1) is 5.56 Å². The van der Waals surface area contributed by atoms with E-state index >= 15 is 0 Å². The molecule has 2 heterocycles. The van der Waals surface area contributed by atoms with Crippen LogP contribution in [0.25, 0.3) is 16.3 Å². The first-order chi connectivity index (χ1) is 17.2. The molecule has 0 spiro atoms. The van der Waals surface area contributed by atoms with E-state index in [2.05, 4.69) is 10.3 Å². The van der Waals surface area contributed by atoms with Gasteiger partial charge in [0.15, 0.2) is 0 Å². The average Bonchev–Trinajstić information content (AvgIpc) is 2.86. The number of allylic oxidation sites excluding steroid dienone is 3. The Morgan fingerprint density at radius 1 is 1.08 bits per heavy atom. The summed E-state index contributed by atoms with van der Waals surface area (Å²) in [6.45, 7) is 2.43. The number of pyridine rings is 1. The lowest BCUT2D eigenvalue weighted by Gasteiger charge is -2.26. The SMILES string of the molecule is CC(=O)N1CC=C(C(=CC=CC(=O)Nc2cccc3cnccc23)c2ccc(C(F)(F)F)cc2)CC1. The number of halogens is 3. The summed E-state index contributed by atoms with van der Waals surface area (Å²) < 4.78 is 39.1. The van der Waals surface area contributed by atoms with Gasteiger partial charge in [0.2, 0.25) is 11.8 Å². The molecule has 0 unspecified atom stereocenters. The molecule has 0 saturated carbocycles. The molecule has 1 aromatic heterocycles. The van der Waals surface area contributed by atoms with Crippen molar-refractivity contribution in [3.8, 4) is 0 Å². The third kappa shape index (κ3) is 5.89. The second-order valence-corrected chi connectivity index (χ2v) is 8.35. The van der Waals surface area contributed by atoms with Gasteiger partial charge in [0.1, 0.15) is 0 Å². The number of nitrogens with one attached hydrogen (secondary N) is 1. The molecule has 2 amide bonds. The Kier molecular flexibility index (Phi) is 7.33. The second kappa shape index (κ2) is 10.6. The van der Waals surface area contributed by atoms with E-state index in [1.165, 1.54) is 25.1 Å². The molecule has 1 N–H and O–H groups in total. The molecule has 36 heavy (non-hydrogen) atoms. The Morgan fingerprint density at radius 3 is 2.53 bits per heavy atom. The number of anilines is 1. The Balaban J connectivity index is 1.59. The molecule has 0 atom stereocenters. The van der Waals surface area contributed by atoms with Crippen LogP contribution in [0.2, 0.25) is 0 Å². The zero-order valence-corrected chi connectivity index (χ0v) is 19.5. The topological polar surface area (TPSA) is 62.3 Å². The molecule has 1 aliphatic heterocycles. The molecule has 0 saturated heterocycles. The molecule has 4 rings (SSSR count). The van der Waals surface area contributed by atoms with Gasteiger partial charge in [-0.05, 0) is 47.4 Å². The summed E-state index contributed by atoms with van der Waals surface area (Å²) in [5.41, 5.74) is 2.12. The molecule has 184 valence electrons. The van der Waals surface area contributed by atoms with Crippen molar-refractivity contribution in [2.24, 2.45) is 0 Å². The van der Waals surface area contributed by atoms with Crippen molar-refractivity contribution in [1.82, 2.24) is 9.88 Å². The summed E-state index contributed by atoms with van der Waals surface area (Å²) in [6, 6.07) is 12.3. The van der Waals surface area contributed by atoms with Crippen LogP contribution in [0.5, 0.6) is 0 Å². The summed E-state index contributed by atoms with van der Waals surface area (Å²) in [6.07, 6.45) is 6.04. The minimum absolute atomic E-state index is 0.0360. The molecule has 0 aliphatic carbocycles. The van der Waals surface area contributed by atoms with Gasteiger partial charge in [0.25, 0.3) is 0 Å². The van der Waals surface area contributed by atoms with Gasteiger partial charge in [-0.3, -0.25) is 14.6 Å². The first-order valence-corrected chi connectivity index (χ1v) is 11.4. The molecule has 0 bridgehead atoms. The number of hydrogen-bond donors (Lipinski definition) is 1. The molecule has 8 heteroatoms. The van der Waals surface area contributed by atoms with Crippen LogP contribution in [-0.2, 0) is 15.8 Å². The lowest BCUT2D eigenvalue weighted by atomic mass is 9.92. The minimum Gasteiger partial charge on any atom is -0.339 e. The predicted molar refractivity (Wildman–Crippen MR) is 134 cm³/mol. The number of rotatable bonds is 5. The van der Waals surface area contributed by atoms with Crippen molar-refractivity contribution < 1.29 is 22.8 Å². The number of fused-ring (bicyclic) bond motifs is 1. The van der Waals surface area contributed by atoms with E-state index in [0.717, 1.165) is 28.5 Å². The fourth-order valence-corrected chi connectivity index (χ4v) is 4.06. The van der Waals surface area contributed by atoms with Gasteiger partial charge >= 0.3 is 6.18 Å².